The highest BCUT2D eigenvalue weighted by atomic mass is 35.5. The van der Waals surface area contributed by atoms with E-state index >= 15 is 0 Å². The number of hydrogen-bond acceptors (Lipinski definition) is 5. The summed E-state index contributed by atoms with van der Waals surface area (Å²) in [5, 5.41) is 5.45. The van der Waals surface area contributed by atoms with E-state index in [-0.39, 0.29) is 24.5 Å². The monoisotopic (exact) mass is 428 g/mol. The van der Waals surface area contributed by atoms with Crippen molar-refractivity contribution >= 4 is 34.4 Å². The SMILES string of the molecule is O=C(NCC(F)(F)F)C1(Nc2nc(-c3c[nH]c4ncc(Cl)cc34)ncc2F)CC1. The number of amides is 1. The van der Waals surface area contributed by atoms with Gasteiger partial charge in [-0.2, -0.15) is 13.2 Å². The minimum atomic E-state index is -4.54. The number of aromatic nitrogens is 4. The van der Waals surface area contributed by atoms with Crippen LogP contribution in [0.5, 0.6) is 0 Å². The van der Waals surface area contributed by atoms with Crippen molar-refractivity contribution in [2.24, 2.45) is 0 Å². The minimum Gasteiger partial charge on any atom is -0.353 e. The smallest absolute Gasteiger partial charge is 0.353 e. The number of H-pyrrole nitrogens is 1. The molecule has 152 valence electrons. The van der Waals surface area contributed by atoms with Gasteiger partial charge in [0.1, 0.15) is 17.7 Å². The van der Waals surface area contributed by atoms with E-state index in [1.54, 1.807) is 12.3 Å². The molecular formula is C17H13ClF4N6O. The number of hydrogen-bond donors (Lipinski definition) is 3. The van der Waals surface area contributed by atoms with E-state index in [9.17, 15) is 22.4 Å². The second-order valence-corrected chi connectivity index (χ2v) is 7.08. The number of nitrogens with one attached hydrogen (secondary N) is 3. The molecule has 12 heteroatoms. The van der Waals surface area contributed by atoms with E-state index in [2.05, 4.69) is 25.3 Å². The maximum absolute atomic E-state index is 14.2. The van der Waals surface area contributed by atoms with Gasteiger partial charge < -0.3 is 15.6 Å². The van der Waals surface area contributed by atoms with E-state index in [1.807, 2.05) is 5.32 Å². The molecule has 3 aromatic heterocycles. The summed E-state index contributed by atoms with van der Waals surface area (Å²) in [6.45, 7) is -1.46. The van der Waals surface area contributed by atoms with Gasteiger partial charge in [0.25, 0.3) is 0 Å². The molecule has 1 aliphatic rings. The Morgan fingerprint density at radius 2 is 2.03 bits per heavy atom. The average Bonchev–Trinajstić information content (AvgIpc) is 3.32. The molecule has 1 aliphatic carbocycles. The van der Waals surface area contributed by atoms with E-state index in [4.69, 9.17) is 11.6 Å². The van der Waals surface area contributed by atoms with Crippen LogP contribution in [-0.2, 0) is 4.79 Å². The Morgan fingerprint density at radius 3 is 2.72 bits per heavy atom. The van der Waals surface area contributed by atoms with Crippen LogP contribution in [0, 0.1) is 5.82 Å². The van der Waals surface area contributed by atoms with Crippen molar-refractivity contribution in [1.82, 2.24) is 25.3 Å². The second-order valence-electron chi connectivity index (χ2n) is 6.65. The van der Waals surface area contributed by atoms with Gasteiger partial charge in [-0.3, -0.25) is 4.79 Å². The molecule has 4 rings (SSSR count). The summed E-state index contributed by atoms with van der Waals surface area (Å²) in [6.07, 6.45) is -0.0773. The molecule has 0 atom stereocenters. The molecule has 3 N–H and O–H groups in total. The Hall–Kier alpha value is -2.95. The van der Waals surface area contributed by atoms with E-state index < -0.39 is 30.0 Å². The predicted octanol–water partition coefficient (Wildman–Crippen LogP) is 3.44. The van der Waals surface area contributed by atoms with Crippen LogP contribution in [0.3, 0.4) is 0 Å². The van der Waals surface area contributed by atoms with Gasteiger partial charge in [-0.1, -0.05) is 11.6 Å². The first-order valence-electron chi connectivity index (χ1n) is 8.46. The number of pyridine rings is 1. The minimum absolute atomic E-state index is 0.135. The van der Waals surface area contributed by atoms with Gasteiger partial charge in [0.15, 0.2) is 17.5 Å². The van der Waals surface area contributed by atoms with Crippen LogP contribution in [0.2, 0.25) is 5.02 Å². The zero-order valence-electron chi connectivity index (χ0n) is 14.6. The molecule has 0 unspecified atom stereocenters. The van der Waals surface area contributed by atoms with Crippen molar-refractivity contribution in [3.05, 3.63) is 35.5 Å². The van der Waals surface area contributed by atoms with E-state index in [0.717, 1.165) is 6.20 Å². The number of aromatic amines is 1. The molecule has 0 bridgehead atoms. The van der Waals surface area contributed by atoms with Crippen molar-refractivity contribution < 1.29 is 22.4 Å². The number of fused-ring (bicyclic) bond motifs is 1. The second kappa shape index (κ2) is 6.83. The summed E-state index contributed by atoms with van der Waals surface area (Å²) in [4.78, 5) is 27.3. The molecule has 0 aliphatic heterocycles. The summed E-state index contributed by atoms with van der Waals surface area (Å²) in [7, 11) is 0. The van der Waals surface area contributed by atoms with Crippen molar-refractivity contribution in [3.63, 3.8) is 0 Å². The molecule has 3 aromatic rings. The Morgan fingerprint density at radius 1 is 1.28 bits per heavy atom. The number of carbonyl (C=O) groups is 1. The van der Waals surface area contributed by atoms with E-state index in [0.29, 0.717) is 21.6 Å². The number of alkyl halides is 3. The van der Waals surface area contributed by atoms with Crippen LogP contribution in [0.1, 0.15) is 12.8 Å². The largest absolute Gasteiger partial charge is 0.405 e. The Balaban J connectivity index is 1.61. The van der Waals surface area contributed by atoms with Crippen molar-refractivity contribution in [2.45, 2.75) is 24.6 Å². The first kappa shape index (κ1) is 19.4. The number of nitrogens with zero attached hydrogens (tertiary/aromatic N) is 3. The van der Waals surface area contributed by atoms with E-state index in [1.165, 1.54) is 6.20 Å². The van der Waals surface area contributed by atoms with Crippen LogP contribution in [0.25, 0.3) is 22.4 Å². The lowest BCUT2D eigenvalue weighted by Gasteiger charge is -2.19. The van der Waals surface area contributed by atoms with Crippen molar-refractivity contribution in [2.75, 3.05) is 11.9 Å². The van der Waals surface area contributed by atoms with Crippen LogP contribution >= 0.6 is 11.6 Å². The highest BCUT2D eigenvalue weighted by Gasteiger charge is 2.51. The van der Waals surface area contributed by atoms with Crippen LogP contribution in [0.15, 0.2) is 24.7 Å². The lowest BCUT2D eigenvalue weighted by Crippen LogP contribution is -2.45. The van der Waals surface area contributed by atoms with Gasteiger partial charge in [0.2, 0.25) is 5.91 Å². The summed E-state index contributed by atoms with van der Waals surface area (Å²) in [6, 6.07) is 1.64. The standard InChI is InChI=1S/C17H13ClF4N6O/c18-8-3-9-10(5-24-12(9)23-4-8)13-25-6-11(19)14(27-13)28-16(1-2-16)15(29)26-7-17(20,21)22/h3-6H,1-2,7H2,(H,23,24)(H,26,29)(H,25,27,28). The third-order valence-electron chi connectivity index (χ3n) is 4.47. The van der Waals surface area contributed by atoms with Gasteiger partial charge in [-0.25, -0.2) is 19.3 Å². The first-order valence-corrected chi connectivity index (χ1v) is 8.83. The molecule has 0 spiro atoms. The lowest BCUT2D eigenvalue weighted by molar-refractivity contribution is -0.139. The number of halogens is 5. The Bertz CT molecular complexity index is 1100. The molecule has 1 amide bonds. The van der Waals surface area contributed by atoms with Gasteiger partial charge in [0.05, 0.1) is 11.2 Å². The molecule has 3 heterocycles. The maximum Gasteiger partial charge on any atom is 0.405 e. The van der Waals surface area contributed by atoms with Crippen LogP contribution in [0.4, 0.5) is 23.4 Å². The third-order valence-corrected chi connectivity index (χ3v) is 4.68. The quantitative estimate of drug-likeness (QED) is 0.541. The topological polar surface area (TPSA) is 95.6 Å². The van der Waals surface area contributed by atoms with Gasteiger partial charge >= 0.3 is 6.18 Å². The van der Waals surface area contributed by atoms with Crippen molar-refractivity contribution in [3.8, 4) is 11.4 Å². The molecule has 0 aromatic carbocycles. The highest BCUT2D eigenvalue weighted by molar-refractivity contribution is 6.31. The maximum atomic E-state index is 14.2. The fourth-order valence-electron chi connectivity index (χ4n) is 2.86. The van der Waals surface area contributed by atoms with Gasteiger partial charge in [0, 0.05) is 23.3 Å². The molecule has 7 nitrogen and oxygen atoms in total. The normalized spacial score (nSPS) is 15.3. The van der Waals surface area contributed by atoms with Gasteiger partial charge in [-0.05, 0) is 18.9 Å². The van der Waals surface area contributed by atoms with Gasteiger partial charge in [-0.15, -0.1) is 0 Å². The average molecular weight is 429 g/mol. The van der Waals surface area contributed by atoms with Crippen LogP contribution in [-0.4, -0.2) is 44.1 Å². The zero-order valence-corrected chi connectivity index (χ0v) is 15.3. The lowest BCUT2D eigenvalue weighted by atomic mass is 10.2. The number of rotatable bonds is 5. The molecule has 1 saturated carbocycles. The predicted molar refractivity (Wildman–Crippen MR) is 96.7 cm³/mol. The fraction of sp³-hybridized carbons (Fsp3) is 0.294. The third kappa shape index (κ3) is 3.95. The molecule has 0 radical (unpaired) electrons. The fourth-order valence-corrected chi connectivity index (χ4v) is 3.02. The number of anilines is 1. The summed E-state index contributed by atoms with van der Waals surface area (Å²) in [5.74, 6) is -1.84. The van der Waals surface area contributed by atoms with Crippen LogP contribution < -0.4 is 10.6 Å². The summed E-state index contributed by atoms with van der Waals surface area (Å²) >= 11 is 5.97. The highest BCUT2D eigenvalue weighted by Crippen LogP contribution is 2.40. The first-order chi connectivity index (χ1) is 13.7. The molecule has 1 fully saturated rings. The molecule has 29 heavy (non-hydrogen) atoms. The summed E-state index contributed by atoms with van der Waals surface area (Å²) in [5.41, 5.74) is -0.301. The Kier molecular flexibility index (Phi) is 4.56. The zero-order chi connectivity index (χ0) is 20.8. The molecule has 0 saturated heterocycles. The summed E-state index contributed by atoms with van der Waals surface area (Å²) < 4.78 is 51.3. The molecular weight excluding hydrogens is 416 g/mol. The number of carbonyl (C=O) groups excluding carboxylic acids is 1. The Labute approximate surface area is 165 Å². The van der Waals surface area contributed by atoms with Crippen molar-refractivity contribution in [1.29, 1.82) is 0 Å².